The predicted molar refractivity (Wildman–Crippen MR) is 441 cm³/mol. The van der Waals surface area contributed by atoms with Crippen molar-refractivity contribution >= 4 is 108 Å². The van der Waals surface area contributed by atoms with E-state index in [0.29, 0.717) is 86.3 Å². The van der Waals surface area contributed by atoms with Crippen molar-refractivity contribution in [3.63, 3.8) is 0 Å². The standard InChI is InChI=1S/C19H18FN7.C18H16N6O.C18H15N5O2.C17H11N3O2.C13H10FN3O/c1-27(2)11-17-22-19(26-24-17)13-8-14-16(23-25-18(14)15(20)9-13)6-5-12-4-3-7-21-10-12;1-11-20-18(24-21-11)13-6-8-15-16(17(13)25-2)14(22-23-15)7-5-12-4-3-9-19-10-12;1-11-20-23-18(25-11)13-6-8-15-16(17(13)24-2)14(21-22-15)7-5-12-4-3-9-19-10-12;21-17(22)14-8-13-15(9-18-14)19-20-16(13)12-6-5-10-3-1-2-4-11(10)7-12;1-18-11-6-5-10-13(15-11)12(17-16-10)8-3-2-4-9(14)7-8/h3-10H,11H2,1-2H3,(H,23,25)(H,22,24,26);3-10H,1-2H3,(H,22,23)(H,20,21,24);3-10H,1-2H3,(H,21,22);1-9H,(H,19,20)(H,21,22);2-7H,1H3,(H,16,17)/b6-5+;2*7-5+;;. The Kier molecular flexibility index (Phi) is 22.7. The van der Waals surface area contributed by atoms with Gasteiger partial charge >= 0.3 is 5.97 Å². The van der Waals surface area contributed by atoms with Crippen LogP contribution in [-0.2, 0) is 6.54 Å². The second-order valence-electron chi connectivity index (χ2n) is 26.3. The summed E-state index contributed by atoms with van der Waals surface area (Å²) in [7, 11) is 8.69. The molecule has 0 atom stereocenters. The molecule has 0 bridgehead atoms. The number of hydrogen-bond acceptors (Lipinski definition) is 22. The zero-order valence-corrected chi connectivity index (χ0v) is 63.6. The molecule has 19 rings (SSSR count). The normalized spacial score (nSPS) is 11.4. The monoisotopic (exact) mass is 1560 g/mol. The quantitative estimate of drug-likeness (QED) is 0.0420. The fourth-order valence-electron chi connectivity index (χ4n) is 12.6. The number of pyridine rings is 5. The molecule has 0 spiro atoms. The molecular weight excluding hydrogens is 1490 g/mol. The number of rotatable bonds is 17. The minimum atomic E-state index is -1.05. The maximum Gasteiger partial charge on any atom is 0.354 e. The second kappa shape index (κ2) is 34.7. The van der Waals surface area contributed by atoms with Gasteiger partial charge in [-0.1, -0.05) is 85.0 Å². The summed E-state index contributed by atoms with van der Waals surface area (Å²) >= 11 is 0. The molecule has 32 heteroatoms. The Bertz CT molecular complexity index is 6630. The molecule has 0 aliphatic carbocycles. The van der Waals surface area contributed by atoms with Crippen LogP contribution in [0.1, 0.15) is 61.8 Å². The molecular formula is C85H70F2N24O6. The van der Waals surface area contributed by atoms with E-state index in [9.17, 15) is 13.6 Å². The lowest BCUT2D eigenvalue weighted by Gasteiger charge is -2.07. The van der Waals surface area contributed by atoms with Crippen molar-refractivity contribution in [2.75, 3.05) is 35.4 Å². The first-order chi connectivity index (χ1) is 57.1. The van der Waals surface area contributed by atoms with Gasteiger partial charge in [0.05, 0.1) is 95.1 Å². The Hall–Kier alpha value is -16.0. The van der Waals surface area contributed by atoms with Crippen molar-refractivity contribution in [1.29, 1.82) is 0 Å². The third-order valence-corrected chi connectivity index (χ3v) is 18.1. The van der Waals surface area contributed by atoms with Crippen LogP contribution in [0, 0.1) is 25.5 Å². The van der Waals surface area contributed by atoms with Crippen molar-refractivity contribution in [1.82, 2.24) is 121 Å². The number of nitrogens with one attached hydrogen (secondary N) is 7. The smallest absolute Gasteiger partial charge is 0.354 e. The van der Waals surface area contributed by atoms with Gasteiger partial charge in [0, 0.05) is 77.6 Å². The summed E-state index contributed by atoms with van der Waals surface area (Å²) in [6.07, 6.45) is 23.5. The molecule has 0 aliphatic heterocycles. The third kappa shape index (κ3) is 17.4. The van der Waals surface area contributed by atoms with Gasteiger partial charge in [-0.05, 0) is 152 Å². The summed E-state index contributed by atoms with van der Waals surface area (Å²) in [5.74, 6) is 3.51. The number of H-pyrrole nitrogens is 7. The number of ether oxygens (including phenoxy) is 3. The van der Waals surface area contributed by atoms with E-state index in [-0.39, 0.29) is 17.0 Å². The predicted octanol–water partition coefficient (Wildman–Crippen LogP) is 16.1. The van der Waals surface area contributed by atoms with Crippen LogP contribution in [0.25, 0.3) is 159 Å². The molecule has 6 aromatic carbocycles. The van der Waals surface area contributed by atoms with Gasteiger partial charge in [-0.3, -0.25) is 50.6 Å². The van der Waals surface area contributed by atoms with E-state index in [2.05, 4.69) is 116 Å². The number of carbonyl (C=O) groups is 1. The zero-order valence-electron chi connectivity index (χ0n) is 63.6. The maximum absolute atomic E-state index is 14.5. The number of aryl methyl sites for hydroxylation is 2. The molecule has 0 radical (unpaired) electrons. The van der Waals surface area contributed by atoms with Crippen LogP contribution in [0.15, 0.2) is 206 Å². The maximum atomic E-state index is 14.5. The lowest BCUT2D eigenvalue weighted by molar-refractivity contribution is 0.0690. The highest BCUT2D eigenvalue weighted by Gasteiger charge is 2.22. The first-order valence-electron chi connectivity index (χ1n) is 36.1. The Balaban J connectivity index is 0.000000115. The molecule has 19 aromatic rings. The van der Waals surface area contributed by atoms with E-state index in [1.165, 1.54) is 24.4 Å². The average Bonchev–Trinajstić information content (AvgIpc) is 1.63. The molecule has 0 saturated heterocycles. The number of methoxy groups -OCH3 is 3. The fourth-order valence-corrected chi connectivity index (χ4v) is 12.6. The number of carboxylic acid groups (broad SMARTS) is 1. The molecule has 0 aliphatic rings. The molecule has 0 amide bonds. The molecule has 0 fully saturated rings. The minimum absolute atomic E-state index is 0.0101. The number of fused-ring (bicyclic) bond motifs is 6. The van der Waals surface area contributed by atoms with Crippen LogP contribution in [0.4, 0.5) is 8.78 Å². The van der Waals surface area contributed by atoms with Crippen LogP contribution in [0.5, 0.6) is 17.4 Å². The first-order valence-corrected chi connectivity index (χ1v) is 36.1. The number of hydrogen-bond donors (Lipinski definition) is 8. The van der Waals surface area contributed by atoms with Gasteiger partial charge in [-0.25, -0.2) is 33.5 Å². The molecule has 0 unspecified atom stereocenters. The van der Waals surface area contributed by atoms with Crippen molar-refractivity contribution in [2.45, 2.75) is 20.4 Å². The Morgan fingerprint density at radius 3 is 1.75 bits per heavy atom. The first kappa shape index (κ1) is 76.4. The van der Waals surface area contributed by atoms with Crippen molar-refractivity contribution in [3.05, 3.63) is 270 Å². The van der Waals surface area contributed by atoms with Crippen LogP contribution in [-0.4, -0.2) is 168 Å². The van der Waals surface area contributed by atoms with Gasteiger partial charge in [0.1, 0.15) is 57.1 Å². The van der Waals surface area contributed by atoms with Crippen LogP contribution in [0.2, 0.25) is 0 Å². The minimum Gasteiger partial charge on any atom is -0.495 e. The molecule has 117 heavy (non-hydrogen) atoms. The Morgan fingerprint density at radius 1 is 0.496 bits per heavy atom. The van der Waals surface area contributed by atoms with E-state index in [1.54, 1.807) is 89.7 Å². The number of aromatic carboxylic acids is 1. The van der Waals surface area contributed by atoms with Gasteiger partial charge in [0.25, 0.3) is 5.89 Å². The van der Waals surface area contributed by atoms with Crippen LogP contribution in [0.3, 0.4) is 0 Å². The van der Waals surface area contributed by atoms with E-state index in [0.717, 1.165) is 106 Å². The highest BCUT2D eigenvalue weighted by molar-refractivity contribution is 6.02. The van der Waals surface area contributed by atoms with Gasteiger partial charge in [-0.15, -0.1) is 10.2 Å². The highest BCUT2D eigenvalue weighted by Crippen LogP contribution is 2.40. The lowest BCUT2D eigenvalue weighted by Crippen LogP contribution is -2.11. The second-order valence-corrected chi connectivity index (χ2v) is 26.3. The summed E-state index contributed by atoms with van der Waals surface area (Å²) in [6, 6.07) is 48.0. The van der Waals surface area contributed by atoms with E-state index in [1.807, 2.05) is 178 Å². The summed E-state index contributed by atoms with van der Waals surface area (Å²) in [6.45, 7) is 4.24. The summed E-state index contributed by atoms with van der Waals surface area (Å²) in [5.41, 5.74) is 14.5. The molecule has 8 N–H and O–H groups in total. The lowest BCUT2D eigenvalue weighted by atomic mass is 10.0. The molecule has 0 saturated carbocycles. The number of halogens is 2. The number of aromatic amines is 7. The largest absolute Gasteiger partial charge is 0.495 e. The number of carboxylic acids is 1. The van der Waals surface area contributed by atoms with Crippen LogP contribution >= 0.6 is 0 Å². The fraction of sp³-hybridized carbons (Fsp3) is 0.0941. The van der Waals surface area contributed by atoms with Crippen molar-refractivity contribution in [2.24, 2.45) is 0 Å². The number of aromatic nitrogens is 23. The number of benzene rings is 6. The van der Waals surface area contributed by atoms with E-state index < -0.39 is 11.8 Å². The third-order valence-electron chi connectivity index (χ3n) is 18.1. The van der Waals surface area contributed by atoms with E-state index in [4.69, 9.17) is 23.7 Å². The Morgan fingerprint density at radius 2 is 1.13 bits per heavy atom. The van der Waals surface area contributed by atoms with Crippen molar-refractivity contribution in [3.8, 4) is 74.1 Å². The van der Waals surface area contributed by atoms with Gasteiger partial charge in [0.2, 0.25) is 11.8 Å². The van der Waals surface area contributed by atoms with Gasteiger partial charge < -0.3 is 28.6 Å². The summed E-state index contributed by atoms with van der Waals surface area (Å²) in [5, 5.41) is 72.8. The molecule has 13 heterocycles. The number of nitrogens with zero attached hydrogens (tertiary/aromatic N) is 17. The average molecular weight is 1560 g/mol. The van der Waals surface area contributed by atoms with E-state index >= 15 is 0 Å². The molecule has 30 nitrogen and oxygen atoms in total. The van der Waals surface area contributed by atoms with Crippen molar-refractivity contribution < 1.29 is 37.3 Å². The topological polar surface area (TPSA) is 398 Å². The molecule has 580 valence electrons. The van der Waals surface area contributed by atoms with Gasteiger partial charge in [0.15, 0.2) is 17.5 Å². The van der Waals surface area contributed by atoms with Crippen LogP contribution < -0.4 is 14.2 Å². The summed E-state index contributed by atoms with van der Waals surface area (Å²) in [4.78, 5) is 42.4. The zero-order chi connectivity index (χ0) is 80.9. The summed E-state index contributed by atoms with van der Waals surface area (Å²) < 4.78 is 49.7. The highest BCUT2D eigenvalue weighted by atomic mass is 19.1. The molecule has 13 aromatic heterocycles. The Labute approximate surface area is 663 Å². The van der Waals surface area contributed by atoms with Gasteiger partial charge in [-0.2, -0.15) is 35.7 Å². The SMILES string of the molecule is CN(C)Cc1nc(-c2cc(F)c3n[nH]c(/C=C/c4cccnc4)c3c2)n[nH]1.COc1c(-c2n[nH]c(C)n2)ccc2[nH]nc(/C=C/c3cccnc3)c12.COc1c(-c2nnc(C)o2)ccc2[nH]nc(/C=C/c3cccnc3)c12.COc1ccc2[nH]nc(-c3cccc(F)c3)c2n1.O=C(O)c1cc2c(-c3ccc4ccccc4c3)n[nH]c2cn1.